The lowest BCUT2D eigenvalue weighted by Gasteiger charge is -2.21. The molecule has 1 N–H and O–H groups in total. The van der Waals surface area contributed by atoms with Crippen molar-refractivity contribution in [2.45, 2.75) is 32.7 Å². The lowest BCUT2D eigenvalue weighted by molar-refractivity contribution is -0.141. The van der Waals surface area contributed by atoms with Gasteiger partial charge in [0.1, 0.15) is 6.04 Å². The maximum absolute atomic E-state index is 12.5. The Hall–Kier alpha value is -2.63. The van der Waals surface area contributed by atoms with Crippen molar-refractivity contribution in [3.63, 3.8) is 0 Å². The Labute approximate surface area is 134 Å². The second-order valence-corrected chi connectivity index (χ2v) is 5.88. The molecule has 1 saturated heterocycles. The minimum atomic E-state index is -0.935. The van der Waals surface area contributed by atoms with Crippen molar-refractivity contribution in [2.24, 2.45) is 0 Å². The first-order valence-electron chi connectivity index (χ1n) is 7.65. The minimum Gasteiger partial charge on any atom is -0.480 e. The van der Waals surface area contributed by atoms with Gasteiger partial charge in [-0.25, -0.2) is 9.48 Å². The van der Waals surface area contributed by atoms with Crippen molar-refractivity contribution < 1.29 is 14.7 Å². The number of aromatic nitrogens is 2. The van der Waals surface area contributed by atoms with Crippen molar-refractivity contribution >= 4 is 11.9 Å². The molecule has 1 aromatic heterocycles. The average molecular weight is 313 g/mol. The standard InChI is InChI=1S/C17H19N3O3/c1-11-10-12(2)20(18-11)14-7-5-13(6-8-14)16(21)19-9-3-4-15(19)17(22)23/h5-8,10,15H,3-4,9H2,1-2H3,(H,22,23). The lowest BCUT2D eigenvalue weighted by atomic mass is 10.1. The largest absolute Gasteiger partial charge is 0.480 e. The molecule has 1 aromatic carbocycles. The first-order chi connectivity index (χ1) is 11.0. The molecule has 6 heteroatoms. The van der Waals surface area contributed by atoms with E-state index in [0.717, 1.165) is 23.5 Å². The normalized spacial score (nSPS) is 17.5. The van der Waals surface area contributed by atoms with Crippen molar-refractivity contribution in [3.8, 4) is 5.69 Å². The fourth-order valence-electron chi connectivity index (χ4n) is 3.07. The third-order valence-corrected chi connectivity index (χ3v) is 4.17. The summed E-state index contributed by atoms with van der Waals surface area (Å²) in [6, 6.07) is 8.40. The first kappa shape index (κ1) is 15.3. The van der Waals surface area contributed by atoms with Gasteiger partial charge in [0.15, 0.2) is 0 Å². The maximum atomic E-state index is 12.5. The smallest absolute Gasteiger partial charge is 0.326 e. The number of hydrogen-bond acceptors (Lipinski definition) is 3. The van der Waals surface area contributed by atoms with E-state index in [1.165, 1.54) is 4.90 Å². The zero-order valence-electron chi connectivity index (χ0n) is 13.2. The zero-order chi connectivity index (χ0) is 16.6. The van der Waals surface area contributed by atoms with Crippen molar-refractivity contribution in [1.82, 2.24) is 14.7 Å². The predicted octanol–water partition coefficient (Wildman–Crippen LogP) is 2.18. The molecule has 0 bridgehead atoms. The number of carboxylic acids is 1. The van der Waals surface area contributed by atoms with E-state index in [1.807, 2.05) is 36.7 Å². The van der Waals surface area contributed by atoms with Gasteiger partial charge in [-0.2, -0.15) is 5.10 Å². The van der Waals surface area contributed by atoms with Crippen LogP contribution >= 0.6 is 0 Å². The lowest BCUT2D eigenvalue weighted by Crippen LogP contribution is -2.40. The Morgan fingerprint density at radius 1 is 1.22 bits per heavy atom. The monoisotopic (exact) mass is 313 g/mol. The van der Waals surface area contributed by atoms with E-state index in [0.29, 0.717) is 18.5 Å². The molecule has 23 heavy (non-hydrogen) atoms. The molecule has 6 nitrogen and oxygen atoms in total. The number of carbonyl (C=O) groups excluding carboxylic acids is 1. The van der Waals surface area contributed by atoms with Crippen LogP contribution < -0.4 is 0 Å². The van der Waals surface area contributed by atoms with E-state index in [9.17, 15) is 14.7 Å². The molecule has 2 aromatic rings. The van der Waals surface area contributed by atoms with Crippen LogP contribution in [0.1, 0.15) is 34.6 Å². The van der Waals surface area contributed by atoms with Crippen LogP contribution in [0.4, 0.5) is 0 Å². The highest BCUT2D eigenvalue weighted by atomic mass is 16.4. The number of aliphatic carboxylic acids is 1. The Morgan fingerprint density at radius 3 is 2.48 bits per heavy atom. The van der Waals surface area contributed by atoms with Crippen LogP contribution in [0, 0.1) is 13.8 Å². The summed E-state index contributed by atoms with van der Waals surface area (Å²) in [4.78, 5) is 25.2. The SMILES string of the molecule is Cc1cc(C)n(-c2ccc(C(=O)N3CCCC3C(=O)O)cc2)n1. The Morgan fingerprint density at radius 2 is 1.91 bits per heavy atom. The van der Waals surface area contributed by atoms with Gasteiger partial charge in [-0.05, 0) is 57.0 Å². The van der Waals surface area contributed by atoms with Gasteiger partial charge in [-0.1, -0.05) is 0 Å². The molecular weight excluding hydrogens is 294 g/mol. The summed E-state index contributed by atoms with van der Waals surface area (Å²) in [5.41, 5.74) is 3.34. The van der Waals surface area contributed by atoms with E-state index < -0.39 is 12.0 Å². The summed E-state index contributed by atoms with van der Waals surface area (Å²) < 4.78 is 1.82. The third-order valence-electron chi connectivity index (χ3n) is 4.17. The highest BCUT2D eigenvalue weighted by Gasteiger charge is 2.34. The molecular formula is C17H19N3O3. The Kier molecular flexibility index (Phi) is 3.90. The number of carbonyl (C=O) groups is 2. The molecule has 0 radical (unpaired) electrons. The van der Waals surface area contributed by atoms with Crippen LogP contribution in [0.25, 0.3) is 5.69 Å². The third kappa shape index (κ3) is 2.84. The van der Waals surface area contributed by atoms with Gasteiger partial charge in [0, 0.05) is 17.8 Å². The average Bonchev–Trinajstić information content (AvgIpc) is 3.13. The zero-order valence-corrected chi connectivity index (χ0v) is 13.2. The molecule has 0 aliphatic carbocycles. The molecule has 1 amide bonds. The highest BCUT2D eigenvalue weighted by Crippen LogP contribution is 2.21. The summed E-state index contributed by atoms with van der Waals surface area (Å²) >= 11 is 0. The number of benzene rings is 1. The second kappa shape index (κ2) is 5.87. The highest BCUT2D eigenvalue weighted by molar-refractivity contribution is 5.97. The summed E-state index contributed by atoms with van der Waals surface area (Å²) in [6.07, 6.45) is 1.25. The first-order valence-corrected chi connectivity index (χ1v) is 7.65. The fourth-order valence-corrected chi connectivity index (χ4v) is 3.07. The van der Waals surface area contributed by atoms with E-state index in [-0.39, 0.29) is 5.91 Å². The molecule has 1 atom stereocenters. The van der Waals surface area contributed by atoms with Crippen molar-refractivity contribution in [2.75, 3.05) is 6.54 Å². The number of hydrogen-bond donors (Lipinski definition) is 1. The quantitative estimate of drug-likeness (QED) is 0.942. The van der Waals surface area contributed by atoms with Crippen LogP contribution in [0.2, 0.25) is 0 Å². The minimum absolute atomic E-state index is 0.227. The molecule has 0 saturated carbocycles. The number of carboxylic acid groups (broad SMARTS) is 1. The fraction of sp³-hybridized carbons (Fsp3) is 0.353. The Bertz CT molecular complexity index is 749. The topological polar surface area (TPSA) is 75.4 Å². The van der Waals surface area contributed by atoms with E-state index >= 15 is 0 Å². The molecule has 2 heterocycles. The number of aryl methyl sites for hydroxylation is 2. The molecule has 120 valence electrons. The van der Waals surface area contributed by atoms with Gasteiger partial charge in [-0.3, -0.25) is 4.79 Å². The summed E-state index contributed by atoms with van der Waals surface area (Å²) in [7, 11) is 0. The van der Waals surface area contributed by atoms with Gasteiger partial charge in [-0.15, -0.1) is 0 Å². The molecule has 1 aliphatic heterocycles. The Balaban J connectivity index is 1.83. The van der Waals surface area contributed by atoms with Gasteiger partial charge in [0.25, 0.3) is 5.91 Å². The van der Waals surface area contributed by atoms with Gasteiger partial charge in [0.2, 0.25) is 0 Å². The number of amides is 1. The molecule has 1 fully saturated rings. The summed E-state index contributed by atoms with van der Waals surface area (Å²) in [6.45, 7) is 4.40. The van der Waals surface area contributed by atoms with Gasteiger partial charge in [0.05, 0.1) is 11.4 Å². The van der Waals surface area contributed by atoms with Crippen molar-refractivity contribution in [3.05, 3.63) is 47.3 Å². The second-order valence-electron chi connectivity index (χ2n) is 5.88. The van der Waals surface area contributed by atoms with E-state index in [2.05, 4.69) is 5.10 Å². The summed E-state index contributed by atoms with van der Waals surface area (Å²) in [5.74, 6) is -1.16. The van der Waals surface area contributed by atoms with Gasteiger partial charge < -0.3 is 10.0 Å². The summed E-state index contributed by atoms with van der Waals surface area (Å²) in [5, 5.41) is 13.6. The van der Waals surface area contributed by atoms with Crippen LogP contribution in [-0.4, -0.2) is 44.3 Å². The van der Waals surface area contributed by atoms with Crippen LogP contribution in [-0.2, 0) is 4.79 Å². The van der Waals surface area contributed by atoms with Crippen LogP contribution in [0.15, 0.2) is 30.3 Å². The number of nitrogens with zero attached hydrogens (tertiary/aromatic N) is 3. The predicted molar refractivity (Wildman–Crippen MR) is 84.7 cm³/mol. The molecule has 1 unspecified atom stereocenters. The van der Waals surface area contributed by atoms with E-state index in [4.69, 9.17) is 0 Å². The molecule has 0 spiro atoms. The van der Waals surface area contributed by atoms with Crippen molar-refractivity contribution in [1.29, 1.82) is 0 Å². The van der Waals surface area contributed by atoms with Crippen LogP contribution in [0.3, 0.4) is 0 Å². The van der Waals surface area contributed by atoms with Gasteiger partial charge >= 0.3 is 5.97 Å². The molecule has 3 rings (SSSR count). The number of rotatable bonds is 3. The van der Waals surface area contributed by atoms with Crippen LogP contribution in [0.5, 0.6) is 0 Å². The number of likely N-dealkylation sites (tertiary alicyclic amines) is 1. The maximum Gasteiger partial charge on any atom is 0.326 e. The van der Waals surface area contributed by atoms with E-state index in [1.54, 1.807) is 12.1 Å². The molecule has 1 aliphatic rings.